The number of hydrogen-bond acceptors (Lipinski definition) is 3. The van der Waals surface area contributed by atoms with Gasteiger partial charge in [-0.05, 0) is 38.0 Å². The summed E-state index contributed by atoms with van der Waals surface area (Å²) in [6, 6.07) is 12.8. The average Bonchev–Trinajstić information content (AvgIpc) is 2.91. The summed E-state index contributed by atoms with van der Waals surface area (Å²) in [5.41, 5.74) is 4.45. The second-order valence-corrected chi connectivity index (χ2v) is 6.22. The molecule has 3 rings (SSSR count). The molecule has 0 bridgehead atoms. The van der Waals surface area contributed by atoms with E-state index in [2.05, 4.69) is 48.2 Å². The molecule has 0 saturated heterocycles. The average molecular weight is 430 g/mol. The van der Waals surface area contributed by atoms with Gasteiger partial charge < -0.3 is 4.74 Å². The number of methoxy groups -OCH3 is 1. The minimum atomic E-state index is 0. The Morgan fingerprint density at radius 2 is 1.92 bits per heavy atom. The number of nitrogens with zero attached hydrogens (tertiary/aromatic N) is 3. The van der Waals surface area contributed by atoms with Crippen molar-refractivity contribution in [1.82, 2.24) is 14.8 Å². The first-order valence-corrected chi connectivity index (χ1v) is 8.09. The van der Waals surface area contributed by atoms with Crippen molar-refractivity contribution in [2.75, 3.05) is 7.11 Å². The number of benzene rings is 2. The van der Waals surface area contributed by atoms with Crippen LogP contribution < -0.4 is 4.74 Å². The molecule has 0 aliphatic heterocycles. The molecule has 6 heteroatoms. The van der Waals surface area contributed by atoms with Gasteiger partial charge in [0, 0.05) is 50.6 Å². The number of rotatable bonds is 4. The Morgan fingerprint density at radius 1 is 1.16 bits per heavy atom. The van der Waals surface area contributed by atoms with Gasteiger partial charge in [0.25, 0.3) is 0 Å². The van der Waals surface area contributed by atoms with E-state index in [9.17, 15) is 0 Å². The smallest absolute Gasteiger partial charge is 0.181 e. The zero-order valence-corrected chi connectivity index (χ0v) is 18.4. The van der Waals surface area contributed by atoms with Gasteiger partial charge >= 0.3 is 0 Å². The van der Waals surface area contributed by atoms with E-state index in [0.717, 1.165) is 28.5 Å². The Kier molecular flexibility index (Phi) is 6.78. The predicted molar refractivity (Wildman–Crippen MR) is 95.6 cm³/mol. The number of ether oxygens (including phenoxy) is 1. The maximum absolute atomic E-state index is 6.06. The van der Waals surface area contributed by atoms with E-state index in [1.54, 1.807) is 13.2 Å². The number of aryl methyl sites for hydroxylation is 3. The first-order valence-electron chi connectivity index (χ1n) is 7.71. The SMILES string of the molecule is COc1c[c-]c(Cl)cc1Cn1nc(-c2ccc(C)c(C)c2)nc1C.[Y]. The summed E-state index contributed by atoms with van der Waals surface area (Å²) in [5, 5.41) is 5.20. The molecule has 127 valence electrons. The molecule has 1 heterocycles. The summed E-state index contributed by atoms with van der Waals surface area (Å²) in [7, 11) is 1.63. The van der Waals surface area contributed by atoms with Crippen molar-refractivity contribution in [3.63, 3.8) is 0 Å². The van der Waals surface area contributed by atoms with Crippen LogP contribution in [0, 0.1) is 26.8 Å². The van der Waals surface area contributed by atoms with Crippen LogP contribution in [0.25, 0.3) is 11.4 Å². The van der Waals surface area contributed by atoms with Crippen molar-refractivity contribution in [2.24, 2.45) is 0 Å². The van der Waals surface area contributed by atoms with Crippen LogP contribution in [0.1, 0.15) is 22.5 Å². The Hall–Kier alpha value is -1.23. The van der Waals surface area contributed by atoms with Crippen molar-refractivity contribution >= 4 is 11.6 Å². The largest absolute Gasteiger partial charge is 0.554 e. The molecule has 0 atom stereocenters. The summed E-state index contributed by atoms with van der Waals surface area (Å²) < 4.78 is 7.24. The van der Waals surface area contributed by atoms with E-state index in [0.29, 0.717) is 11.6 Å². The zero-order valence-electron chi connectivity index (χ0n) is 14.8. The molecule has 25 heavy (non-hydrogen) atoms. The van der Waals surface area contributed by atoms with Crippen LogP contribution in [0.3, 0.4) is 0 Å². The molecular weight excluding hydrogens is 411 g/mol. The topological polar surface area (TPSA) is 39.9 Å². The molecule has 0 N–H and O–H groups in total. The fourth-order valence-corrected chi connectivity index (χ4v) is 2.73. The first kappa shape index (κ1) is 20.1. The molecule has 1 aromatic heterocycles. The third kappa shape index (κ3) is 4.49. The van der Waals surface area contributed by atoms with Gasteiger partial charge in [0.2, 0.25) is 0 Å². The summed E-state index contributed by atoms with van der Waals surface area (Å²) in [6.45, 7) is 6.68. The molecule has 3 aromatic rings. The van der Waals surface area contributed by atoms with Crippen molar-refractivity contribution in [1.29, 1.82) is 0 Å². The van der Waals surface area contributed by atoms with Crippen molar-refractivity contribution < 1.29 is 37.4 Å². The second kappa shape index (κ2) is 8.44. The van der Waals surface area contributed by atoms with E-state index in [-0.39, 0.29) is 32.7 Å². The third-order valence-electron chi connectivity index (χ3n) is 4.12. The van der Waals surface area contributed by atoms with Crippen LogP contribution in [0.5, 0.6) is 5.75 Å². The van der Waals surface area contributed by atoms with Crippen LogP contribution in [-0.4, -0.2) is 21.9 Å². The molecular formula is C19H19ClN3OY-. The molecule has 0 saturated carbocycles. The van der Waals surface area contributed by atoms with Gasteiger partial charge in [-0.1, -0.05) is 22.7 Å². The standard InChI is InChI=1S/C19H19ClN3O.Y/c1-12-5-6-15(9-13(12)2)19-21-14(3)23(22-19)11-16-10-17(20)7-8-18(16)24-4;/h5-6,8-10H,11H2,1-4H3;/q-1;. The Bertz CT molecular complexity index is 892. The summed E-state index contributed by atoms with van der Waals surface area (Å²) >= 11 is 6.06. The second-order valence-electron chi connectivity index (χ2n) is 5.81. The number of halogens is 1. The zero-order chi connectivity index (χ0) is 17.3. The molecule has 0 aliphatic rings. The van der Waals surface area contributed by atoms with Gasteiger partial charge in [0.15, 0.2) is 5.82 Å². The van der Waals surface area contributed by atoms with E-state index < -0.39 is 0 Å². The van der Waals surface area contributed by atoms with Crippen LogP contribution in [0.2, 0.25) is 5.02 Å². The molecule has 0 unspecified atom stereocenters. The quantitative estimate of drug-likeness (QED) is 0.578. The van der Waals surface area contributed by atoms with E-state index in [4.69, 9.17) is 16.3 Å². The van der Waals surface area contributed by atoms with Gasteiger partial charge in [-0.15, -0.1) is 23.7 Å². The Morgan fingerprint density at radius 3 is 2.60 bits per heavy atom. The number of hydrogen-bond donors (Lipinski definition) is 0. The molecule has 2 aromatic carbocycles. The van der Waals surface area contributed by atoms with Crippen LogP contribution in [0.15, 0.2) is 30.3 Å². The molecule has 0 amide bonds. The minimum absolute atomic E-state index is 0. The normalized spacial score (nSPS) is 10.4. The van der Waals surface area contributed by atoms with Gasteiger partial charge in [0.05, 0.1) is 7.11 Å². The van der Waals surface area contributed by atoms with E-state index >= 15 is 0 Å². The van der Waals surface area contributed by atoms with Gasteiger partial charge in [-0.3, -0.25) is 0 Å². The Balaban J connectivity index is 0.00000225. The summed E-state index contributed by atoms with van der Waals surface area (Å²) in [5.74, 6) is 2.31. The van der Waals surface area contributed by atoms with Gasteiger partial charge in [-0.2, -0.15) is 11.2 Å². The summed E-state index contributed by atoms with van der Waals surface area (Å²) in [4.78, 5) is 4.60. The van der Waals surface area contributed by atoms with Crippen molar-refractivity contribution in [2.45, 2.75) is 27.3 Å². The van der Waals surface area contributed by atoms with Gasteiger partial charge in [-0.25, -0.2) is 9.67 Å². The maximum atomic E-state index is 6.06. The summed E-state index contributed by atoms with van der Waals surface area (Å²) in [6.07, 6.45) is 0. The van der Waals surface area contributed by atoms with Crippen LogP contribution in [-0.2, 0) is 39.3 Å². The van der Waals surface area contributed by atoms with Crippen LogP contribution >= 0.6 is 11.6 Å². The fourth-order valence-electron chi connectivity index (χ4n) is 2.54. The molecule has 1 radical (unpaired) electrons. The molecule has 4 nitrogen and oxygen atoms in total. The molecule has 0 fully saturated rings. The first-order chi connectivity index (χ1) is 11.5. The van der Waals surface area contributed by atoms with Crippen molar-refractivity contribution in [3.05, 3.63) is 63.9 Å². The van der Waals surface area contributed by atoms with E-state index in [1.165, 1.54) is 11.1 Å². The van der Waals surface area contributed by atoms with Gasteiger partial charge in [0.1, 0.15) is 5.82 Å². The maximum Gasteiger partial charge on any atom is 0.181 e. The monoisotopic (exact) mass is 429 g/mol. The van der Waals surface area contributed by atoms with Crippen LogP contribution in [0.4, 0.5) is 0 Å². The minimum Gasteiger partial charge on any atom is -0.554 e. The number of aromatic nitrogens is 3. The molecule has 0 spiro atoms. The van der Waals surface area contributed by atoms with E-state index in [1.807, 2.05) is 17.7 Å². The molecule has 0 aliphatic carbocycles. The predicted octanol–water partition coefficient (Wildman–Crippen LogP) is 4.38. The third-order valence-corrected chi connectivity index (χ3v) is 4.34. The van der Waals surface area contributed by atoms with Crippen molar-refractivity contribution in [3.8, 4) is 17.1 Å². The fraction of sp³-hybridized carbons (Fsp3) is 0.263. The Labute approximate surface area is 178 Å².